The zero-order valence-electron chi connectivity index (χ0n) is 23.1. The Morgan fingerprint density at radius 1 is 0.976 bits per heavy atom. The highest BCUT2D eigenvalue weighted by Gasteiger charge is 2.44. The Balaban J connectivity index is 0.000000446. The highest BCUT2D eigenvalue weighted by molar-refractivity contribution is 6.21. The molecule has 1 atom stereocenters. The van der Waals surface area contributed by atoms with Crippen molar-refractivity contribution >= 4 is 40.3 Å². The quantitative estimate of drug-likeness (QED) is 0.322. The Morgan fingerprint density at radius 3 is 2.26 bits per heavy atom. The number of carbonyl (C=O) groups is 4. The molecule has 2 fully saturated rings. The number of rotatable bonds is 9. The number of carbonyl (C=O) groups excluding carboxylic acids is 2. The SMILES string of the molecule is CC1C(=O)N(c2cc(Cc3n[nH]c(=O)c4ccccc34)ccc2F)C(=O)N1CCN1CCCC1.O=C(O)CCC(=O)O. The Labute approximate surface area is 240 Å². The predicted octanol–water partition coefficient (Wildman–Crippen LogP) is 2.84. The molecule has 3 aromatic rings. The van der Waals surface area contributed by atoms with Gasteiger partial charge in [0.1, 0.15) is 11.9 Å². The number of fused-ring (bicyclic) bond motifs is 1. The molecular formula is C29H32FN5O7. The fraction of sp³-hybridized carbons (Fsp3) is 0.379. The molecule has 5 rings (SSSR count). The van der Waals surface area contributed by atoms with Crippen LogP contribution in [0.1, 0.15) is 43.9 Å². The Kier molecular flexibility index (Phi) is 9.63. The van der Waals surface area contributed by atoms with Crippen molar-refractivity contribution in [3.05, 3.63) is 69.9 Å². The summed E-state index contributed by atoms with van der Waals surface area (Å²) in [5, 5.41) is 23.7. The van der Waals surface area contributed by atoms with Gasteiger partial charge in [-0.15, -0.1) is 0 Å². The number of imide groups is 1. The number of aromatic nitrogens is 2. The number of nitrogens with one attached hydrogen (secondary N) is 1. The van der Waals surface area contributed by atoms with Crippen molar-refractivity contribution in [2.24, 2.45) is 0 Å². The van der Waals surface area contributed by atoms with Gasteiger partial charge in [0.15, 0.2) is 0 Å². The second-order valence-corrected chi connectivity index (χ2v) is 10.2. The van der Waals surface area contributed by atoms with E-state index in [1.54, 1.807) is 25.1 Å². The number of nitrogens with zero attached hydrogens (tertiary/aromatic N) is 4. The lowest BCUT2D eigenvalue weighted by atomic mass is 10.0. The minimum atomic E-state index is -1.08. The number of aromatic amines is 1. The Morgan fingerprint density at radius 2 is 1.62 bits per heavy atom. The first-order valence-corrected chi connectivity index (χ1v) is 13.6. The highest BCUT2D eigenvalue weighted by atomic mass is 19.1. The summed E-state index contributed by atoms with van der Waals surface area (Å²) in [4.78, 5) is 62.2. The molecule has 222 valence electrons. The summed E-state index contributed by atoms with van der Waals surface area (Å²) in [7, 11) is 0. The van der Waals surface area contributed by atoms with E-state index in [9.17, 15) is 28.4 Å². The van der Waals surface area contributed by atoms with E-state index >= 15 is 0 Å². The lowest BCUT2D eigenvalue weighted by Crippen LogP contribution is -2.39. The lowest BCUT2D eigenvalue weighted by Gasteiger charge is -2.23. The average molecular weight is 582 g/mol. The summed E-state index contributed by atoms with van der Waals surface area (Å²) < 4.78 is 14.9. The summed E-state index contributed by atoms with van der Waals surface area (Å²) in [5.74, 6) is -3.23. The second-order valence-electron chi connectivity index (χ2n) is 10.2. The number of hydrogen-bond acceptors (Lipinski definition) is 7. The van der Waals surface area contributed by atoms with E-state index in [-0.39, 0.29) is 24.1 Å². The van der Waals surface area contributed by atoms with Crippen LogP contribution in [0.3, 0.4) is 0 Å². The van der Waals surface area contributed by atoms with E-state index in [1.165, 1.54) is 17.0 Å². The van der Waals surface area contributed by atoms with Gasteiger partial charge in [0, 0.05) is 24.9 Å². The minimum absolute atomic E-state index is 0.0586. The molecule has 3 N–H and O–H groups in total. The first kappa shape index (κ1) is 30.3. The van der Waals surface area contributed by atoms with Gasteiger partial charge in [-0.3, -0.25) is 19.2 Å². The molecule has 0 spiro atoms. The van der Waals surface area contributed by atoms with Crippen molar-refractivity contribution in [3.8, 4) is 0 Å². The minimum Gasteiger partial charge on any atom is -0.481 e. The van der Waals surface area contributed by atoms with Crippen LogP contribution in [0.25, 0.3) is 10.8 Å². The van der Waals surface area contributed by atoms with Crippen LogP contribution in [0.5, 0.6) is 0 Å². The zero-order chi connectivity index (χ0) is 30.4. The third-order valence-electron chi connectivity index (χ3n) is 7.29. The summed E-state index contributed by atoms with van der Waals surface area (Å²) in [6, 6.07) is 10.4. The first-order chi connectivity index (χ1) is 20.1. The van der Waals surface area contributed by atoms with Crippen molar-refractivity contribution in [1.29, 1.82) is 0 Å². The molecule has 2 saturated heterocycles. The van der Waals surface area contributed by atoms with Gasteiger partial charge >= 0.3 is 18.0 Å². The molecular weight excluding hydrogens is 549 g/mol. The second kappa shape index (κ2) is 13.3. The number of urea groups is 1. The number of anilines is 1. The molecule has 0 bridgehead atoms. The normalized spacial score (nSPS) is 17.0. The van der Waals surface area contributed by atoms with Gasteiger partial charge in [0.25, 0.3) is 11.5 Å². The molecule has 13 heteroatoms. The van der Waals surface area contributed by atoms with Gasteiger partial charge in [0.05, 0.1) is 29.6 Å². The molecule has 0 saturated carbocycles. The molecule has 3 heterocycles. The molecule has 2 aliphatic heterocycles. The predicted molar refractivity (Wildman–Crippen MR) is 151 cm³/mol. The number of halogens is 1. The van der Waals surface area contributed by atoms with E-state index in [0.29, 0.717) is 41.5 Å². The molecule has 42 heavy (non-hydrogen) atoms. The molecule has 1 aromatic heterocycles. The van der Waals surface area contributed by atoms with Gasteiger partial charge < -0.3 is 20.0 Å². The number of likely N-dealkylation sites (tertiary alicyclic amines) is 1. The van der Waals surface area contributed by atoms with Gasteiger partial charge in [-0.1, -0.05) is 24.3 Å². The summed E-state index contributed by atoms with van der Waals surface area (Å²) in [6.45, 7) is 4.81. The van der Waals surface area contributed by atoms with Gasteiger partial charge in [0.2, 0.25) is 0 Å². The van der Waals surface area contributed by atoms with Gasteiger partial charge in [-0.05, 0) is 56.6 Å². The van der Waals surface area contributed by atoms with Crippen LogP contribution in [0.15, 0.2) is 47.3 Å². The maximum Gasteiger partial charge on any atom is 0.332 e. The number of H-pyrrole nitrogens is 1. The third kappa shape index (κ3) is 6.97. The van der Waals surface area contributed by atoms with Crippen molar-refractivity contribution in [2.45, 2.75) is 45.1 Å². The largest absolute Gasteiger partial charge is 0.481 e. The maximum absolute atomic E-state index is 14.9. The molecule has 0 radical (unpaired) electrons. The Hall–Kier alpha value is -4.65. The van der Waals surface area contributed by atoms with Crippen LogP contribution >= 0.6 is 0 Å². The van der Waals surface area contributed by atoms with E-state index in [0.717, 1.165) is 30.8 Å². The Bertz CT molecular complexity index is 1540. The molecule has 0 aliphatic carbocycles. The van der Waals surface area contributed by atoms with E-state index in [4.69, 9.17) is 10.2 Å². The van der Waals surface area contributed by atoms with Crippen molar-refractivity contribution in [1.82, 2.24) is 20.0 Å². The van der Waals surface area contributed by atoms with E-state index in [2.05, 4.69) is 15.1 Å². The number of carboxylic acids is 2. The van der Waals surface area contributed by atoms with Crippen molar-refractivity contribution < 1.29 is 33.8 Å². The number of benzene rings is 2. The summed E-state index contributed by atoms with van der Waals surface area (Å²) in [5.41, 5.74) is 0.949. The van der Waals surface area contributed by atoms with Crippen LogP contribution in [0.2, 0.25) is 0 Å². The molecule has 1 unspecified atom stereocenters. The molecule has 12 nitrogen and oxygen atoms in total. The number of aliphatic carboxylic acids is 2. The van der Waals surface area contributed by atoms with Crippen molar-refractivity contribution in [3.63, 3.8) is 0 Å². The standard InChI is InChI=1S/C25H26FN5O3.C4H6O4/c1-16-24(33)31(25(34)30(16)13-12-29-10-4-5-11-29)22-15-17(8-9-20(22)26)14-21-18-6-2-3-7-19(18)23(32)28-27-21;5-3(6)1-2-4(7)8/h2-3,6-9,15-16H,4-5,10-14H2,1H3,(H,28,32);1-2H2,(H,5,6)(H,7,8). The van der Waals surface area contributed by atoms with Crippen LogP contribution in [0.4, 0.5) is 14.9 Å². The van der Waals surface area contributed by atoms with Gasteiger partial charge in [-0.25, -0.2) is 19.2 Å². The summed E-state index contributed by atoms with van der Waals surface area (Å²) in [6.07, 6.45) is 2.00. The highest BCUT2D eigenvalue weighted by Crippen LogP contribution is 2.29. The number of hydrogen-bond donors (Lipinski definition) is 3. The molecule has 3 amide bonds. The third-order valence-corrected chi connectivity index (χ3v) is 7.29. The van der Waals surface area contributed by atoms with Crippen LogP contribution in [0, 0.1) is 5.82 Å². The lowest BCUT2D eigenvalue weighted by molar-refractivity contribution is -0.143. The van der Waals surface area contributed by atoms with Crippen LogP contribution < -0.4 is 10.5 Å². The first-order valence-electron chi connectivity index (χ1n) is 13.6. The van der Waals surface area contributed by atoms with Crippen molar-refractivity contribution in [2.75, 3.05) is 31.1 Å². The average Bonchev–Trinajstić information content (AvgIpc) is 3.56. The topological polar surface area (TPSA) is 164 Å². The zero-order valence-corrected chi connectivity index (χ0v) is 23.1. The monoisotopic (exact) mass is 581 g/mol. The maximum atomic E-state index is 14.9. The summed E-state index contributed by atoms with van der Waals surface area (Å²) >= 11 is 0. The van der Waals surface area contributed by atoms with Crippen LogP contribution in [-0.4, -0.2) is 86.3 Å². The van der Waals surface area contributed by atoms with E-state index in [1.807, 2.05) is 12.1 Å². The number of carboxylic acid groups (broad SMARTS) is 2. The smallest absolute Gasteiger partial charge is 0.332 e. The molecule has 2 aliphatic rings. The fourth-order valence-electron chi connectivity index (χ4n) is 5.03. The van der Waals surface area contributed by atoms with Gasteiger partial charge in [-0.2, -0.15) is 5.10 Å². The van der Waals surface area contributed by atoms with E-state index < -0.39 is 35.7 Å². The fourth-order valence-corrected chi connectivity index (χ4v) is 5.03. The number of amides is 3. The van der Waals surface area contributed by atoms with Crippen LogP contribution in [-0.2, 0) is 20.8 Å². The molecule has 2 aromatic carbocycles.